The highest BCUT2D eigenvalue weighted by Crippen LogP contribution is 2.29. The van der Waals surface area contributed by atoms with Crippen molar-refractivity contribution in [1.29, 1.82) is 0 Å². The molecule has 2 N–H and O–H groups in total. The molecule has 0 aliphatic rings. The molecule has 16 heavy (non-hydrogen) atoms. The van der Waals surface area contributed by atoms with Gasteiger partial charge in [0, 0.05) is 5.56 Å². The number of nitrogen functional groups attached to an aromatic ring is 1. The number of rotatable bonds is 3. The first-order valence-corrected chi connectivity index (χ1v) is 4.25. The summed E-state index contributed by atoms with van der Waals surface area (Å²) in [6.07, 6.45) is -2.91. The Bertz CT molecular complexity index is 410. The predicted octanol–water partition coefficient (Wildman–Crippen LogP) is 1.46. The molecule has 0 spiro atoms. The van der Waals surface area contributed by atoms with E-state index in [4.69, 9.17) is 5.73 Å². The molecule has 0 bridgehead atoms. The number of methoxy groups -OCH3 is 1. The number of esters is 1. The van der Waals surface area contributed by atoms with E-state index < -0.39 is 41.6 Å². The molecule has 4 nitrogen and oxygen atoms in total. The molecule has 0 aliphatic carbocycles. The highest BCUT2D eigenvalue weighted by atomic mass is 19.3. The molecule has 0 aromatic carbocycles. The predicted molar refractivity (Wildman–Crippen MR) is 49.3 cm³/mol. The Hall–Kier alpha value is -1.79. The summed E-state index contributed by atoms with van der Waals surface area (Å²) in [5.41, 5.74) is 3.96. The van der Waals surface area contributed by atoms with Crippen LogP contribution in [0.1, 0.15) is 17.6 Å². The number of halogens is 3. The maximum absolute atomic E-state index is 13.2. The van der Waals surface area contributed by atoms with Crippen molar-refractivity contribution in [2.24, 2.45) is 0 Å². The second-order valence-corrected chi connectivity index (χ2v) is 2.94. The van der Waals surface area contributed by atoms with Crippen molar-refractivity contribution in [3.63, 3.8) is 0 Å². The normalized spacial score (nSPS) is 10.6. The van der Waals surface area contributed by atoms with Crippen molar-refractivity contribution in [1.82, 2.24) is 4.98 Å². The molecule has 0 saturated carbocycles. The molecule has 0 unspecified atom stereocenters. The minimum atomic E-state index is -3.00. The van der Waals surface area contributed by atoms with Gasteiger partial charge >= 0.3 is 5.97 Å². The quantitative estimate of drug-likeness (QED) is 0.804. The molecule has 0 fully saturated rings. The Morgan fingerprint density at radius 2 is 2.25 bits per heavy atom. The zero-order chi connectivity index (χ0) is 12.3. The van der Waals surface area contributed by atoms with E-state index in [2.05, 4.69) is 9.72 Å². The fraction of sp³-hybridized carbons (Fsp3) is 0.333. The van der Waals surface area contributed by atoms with Crippen LogP contribution in [0, 0.1) is 5.82 Å². The van der Waals surface area contributed by atoms with E-state index in [1.165, 1.54) is 0 Å². The van der Waals surface area contributed by atoms with Crippen LogP contribution in [0.15, 0.2) is 6.20 Å². The first-order valence-electron chi connectivity index (χ1n) is 4.25. The SMILES string of the molecule is COC(=O)Cc1c(F)cnc(N)c1C(F)F. The van der Waals surface area contributed by atoms with Gasteiger partial charge in [-0.3, -0.25) is 4.79 Å². The summed E-state index contributed by atoms with van der Waals surface area (Å²) in [6.45, 7) is 0. The molecular formula is C9H9F3N2O2. The lowest BCUT2D eigenvalue weighted by molar-refractivity contribution is -0.139. The average Bonchev–Trinajstić information content (AvgIpc) is 2.22. The molecule has 1 rings (SSSR count). The summed E-state index contributed by atoms with van der Waals surface area (Å²) in [4.78, 5) is 14.2. The van der Waals surface area contributed by atoms with Gasteiger partial charge in [0.15, 0.2) is 0 Å². The summed E-state index contributed by atoms with van der Waals surface area (Å²) in [7, 11) is 1.08. The zero-order valence-corrected chi connectivity index (χ0v) is 8.34. The van der Waals surface area contributed by atoms with Gasteiger partial charge in [-0.2, -0.15) is 0 Å². The first-order chi connectivity index (χ1) is 7.47. The smallest absolute Gasteiger partial charge is 0.310 e. The van der Waals surface area contributed by atoms with Crippen molar-refractivity contribution >= 4 is 11.8 Å². The van der Waals surface area contributed by atoms with Crippen molar-refractivity contribution in [2.45, 2.75) is 12.8 Å². The second-order valence-electron chi connectivity index (χ2n) is 2.94. The summed E-state index contributed by atoms with van der Waals surface area (Å²) >= 11 is 0. The van der Waals surface area contributed by atoms with Crippen LogP contribution in [0.3, 0.4) is 0 Å². The number of ether oxygens (including phenoxy) is 1. The Morgan fingerprint density at radius 3 is 2.75 bits per heavy atom. The number of carbonyl (C=O) groups excluding carboxylic acids is 1. The molecule has 88 valence electrons. The van der Waals surface area contributed by atoms with Gasteiger partial charge in [-0.15, -0.1) is 0 Å². The molecule has 0 atom stereocenters. The van der Waals surface area contributed by atoms with E-state index in [0.717, 1.165) is 7.11 Å². The lowest BCUT2D eigenvalue weighted by Gasteiger charge is -2.10. The molecular weight excluding hydrogens is 225 g/mol. The Balaban J connectivity index is 3.23. The van der Waals surface area contributed by atoms with Crippen LogP contribution < -0.4 is 5.73 Å². The summed E-state index contributed by atoms with van der Waals surface area (Å²) in [5, 5.41) is 0. The highest BCUT2D eigenvalue weighted by molar-refractivity contribution is 5.73. The Labute approximate surface area is 89.2 Å². The van der Waals surface area contributed by atoms with Crippen LogP contribution in [0.25, 0.3) is 0 Å². The third-order valence-corrected chi connectivity index (χ3v) is 1.97. The maximum Gasteiger partial charge on any atom is 0.310 e. The topological polar surface area (TPSA) is 65.2 Å². The number of carbonyl (C=O) groups is 1. The van der Waals surface area contributed by atoms with Crippen LogP contribution in [-0.4, -0.2) is 18.1 Å². The molecule has 7 heteroatoms. The van der Waals surface area contributed by atoms with Gasteiger partial charge in [0.2, 0.25) is 0 Å². The second kappa shape index (κ2) is 4.82. The standard InChI is InChI=1S/C9H9F3N2O2/c1-16-6(15)2-4-5(10)3-14-9(13)7(4)8(11)12/h3,8H,2H2,1H3,(H2,13,14). The van der Waals surface area contributed by atoms with Gasteiger partial charge in [-0.25, -0.2) is 18.2 Å². The zero-order valence-electron chi connectivity index (χ0n) is 8.34. The van der Waals surface area contributed by atoms with Gasteiger partial charge in [-0.05, 0) is 0 Å². The van der Waals surface area contributed by atoms with Crippen LogP contribution in [0.4, 0.5) is 19.0 Å². The summed E-state index contributed by atoms with van der Waals surface area (Å²) in [6, 6.07) is 0. The van der Waals surface area contributed by atoms with Crippen molar-refractivity contribution in [3.8, 4) is 0 Å². The van der Waals surface area contributed by atoms with E-state index in [0.29, 0.717) is 6.20 Å². The molecule has 1 aromatic rings. The number of pyridine rings is 1. The van der Waals surface area contributed by atoms with Gasteiger partial charge in [0.25, 0.3) is 6.43 Å². The van der Waals surface area contributed by atoms with Crippen LogP contribution in [-0.2, 0) is 16.0 Å². The van der Waals surface area contributed by atoms with E-state index >= 15 is 0 Å². The lowest BCUT2D eigenvalue weighted by atomic mass is 10.1. The molecule has 1 aromatic heterocycles. The van der Waals surface area contributed by atoms with E-state index in [1.54, 1.807) is 0 Å². The number of anilines is 1. The minimum absolute atomic E-state index is 0.477. The molecule has 0 amide bonds. The monoisotopic (exact) mass is 234 g/mol. The molecule has 0 radical (unpaired) electrons. The van der Waals surface area contributed by atoms with Crippen LogP contribution in [0.2, 0.25) is 0 Å². The van der Waals surface area contributed by atoms with Gasteiger partial charge in [0.1, 0.15) is 11.6 Å². The van der Waals surface area contributed by atoms with Gasteiger partial charge in [-0.1, -0.05) is 0 Å². The van der Waals surface area contributed by atoms with E-state index in [9.17, 15) is 18.0 Å². The van der Waals surface area contributed by atoms with E-state index in [-0.39, 0.29) is 0 Å². The van der Waals surface area contributed by atoms with Crippen molar-refractivity contribution < 1.29 is 22.7 Å². The summed E-state index contributed by atoms with van der Waals surface area (Å²) in [5.74, 6) is -2.32. The van der Waals surface area contributed by atoms with Crippen LogP contribution in [0.5, 0.6) is 0 Å². The highest BCUT2D eigenvalue weighted by Gasteiger charge is 2.23. The first kappa shape index (κ1) is 12.3. The minimum Gasteiger partial charge on any atom is -0.469 e. The Morgan fingerprint density at radius 1 is 1.62 bits per heavy atom. The molecule has 1 heterocycles. The number of alkyl halides is 2. The van der Waals surface area contributed by atoms with E-state index in [1.807, 2.05) is 0 Å². The summed E-state index contributed by atoms with van der Waals surface area (Å²) < 4.78 is 42.7. The lowest BCUT2D eigenvalue weighted by Crippen LogP contribution is -2.12. The Kier molecular flexibility index (Phi) is 3.70. The third-order valence-electron chi connectivity index (χ3n) is 1.97. The molecule has 0 aliphatic heterocycles. The fourth-order valence-corrected chi connectivity index (χ4v) is 1.20. The van der Waals surface area contributed by atoms with Crippen molar-refractivity contribution in [2.75, 3.05) is 12.8 Å². The average molecular weight is 234 g/mol. The van der Waals surface area contributed by atoms with Crippen LogP contribution >= 0.6 is 0 Å². The van der Waals surface area contributed by atoms with Gasteiger partial charge < -0.3 is 10.5 Å². The third kappa shape index (κ3) is 2.41. The number of nitrogens with zero attached hydrogens (tertiary/aromatic N) is 1. The number of nitrogens with two attached hydrogens (primary N) is 1. The van der Waals surface area contributed by atoms with Gasteiger partial charge in [0.05, 0.1) is 25.3 Å². The maximum atomic E-state index is 13.2. The number of hydrogen-bond donors (Lipinski definition) is 1. The van der Waals surface area contributed by atoms with Crippen molar-refractivity contribution in [3.05, 3.63) is 23.1 Å². The number of hydrogen-bond acceptors (Lipinski definition) is 4. The molecule has 0 saturated heterocycles. The number of aromatic nitrogens is 1. The fourth-order valence-electron chi connectivity index (χ4n) is 1.20. The largest absolute Gasteiger partial charge is 0.469 e.